The van der Waals surface area contributed by atoms with Crippen molar-refractivity contribution in [2.45, 2.75) is 25.6 Å². The number of phenolic OH excluding ortho intramolecular Hbond substituents is 1. The first-order chi connectivity index (χ1) is 10.9. The minimum absolute atomic E-state index is 0.344. The van der Waals surface area contributed by atoms with Crippen LogP contribution in [0.1, 0.15) is 18.4 Å². The molecule has 0 spiro atoms. The second kappa shape index (κ2) is 6.23. The zero-order chi connectivity index (χ0) is 16.4. The fourth-order valence-corrected chi connectivity index (χ4v) is 2.75. The van der Waals surface area contributed by atoms with E-state index in [4.69, 9.17) is 4.74 Å². The van der Waals surface area contributed by atoms with Gasteiger partial charge in [-0.2, -0.15) is 18.3 Å². The Morgan fingerprint density at radius 2 is 2.00 bits per heavy atom. The highest BCUT2D eigenvalue weighted by Gasteiger charge is 2.31. The molecule has 0 atom stereocenters. The summed E-state index contributed by atoms with van der Waals surface area (Å²) in [5.41, 5.74) is 0.0767. The predicted octanol–water partition coefficient (Wildman–Crippen LogP) is 3.70. The zero-order valence-electron chi connectivity index (χ0n) is 12.4. The summed E-state index contributed by atoms with van der Waals surface area (Å²) in [6, 6.07) is 2.98. The topological polar surface area (TPSA) is 47.3 Å². The van der Waals surface area contributed by atoms with Crippen molar-refractivity contribution in [2.24, 2.45) is 5.92 Å². The second-order valence-electron chi connectivity index (χ2n) is 5.74. The molecule has 7 heteroatoms. The maximum atomic E-state index is 12.6. The average Bonchev–Trinajstić information content (AvgIpc) is 2.95. The average molecular weight is 326 g/mol. The first-order valence-electron chi connectivity index (χ1n) is 7.44. The van der Waals surface area contributed by atoms with Gasteiger partial charge in [0.2, 0.25) is 0 Å². The molecule has 124 valence electrons. The van der Waals surface area contributed by atoms with E-state index in [1.165, 1.54) is 6.07 Å². The number of aromatic nitrogens is 2. The molecule has 23 heavy (non-hydrogen) atoms. The third-order valence-corrected chi connectivity index (χ3v) is 4.06. The Kier molecular flexibility index (Phi) is 4.30. The molecule has 1 aliphatic rings. The van der Waals surface area contributed by atoms with Crippen molar-refractivity contribution in [1.82, 2.24) is 9.78 Å². The van der Waals surface area contributed by atoms with Crippen molar-refractivity contribution in [3.8, 4) is 16.9 Å². The number of benzene rings is 1. The summed E-state index contributed by atoms with van der Waals surface area (Å²) in [4.78, 5) is 0. The van der Waals surface area contributed by atoms with Gasteiger partial charge < -0.3 is 9.84 Å². The maximum absolute atomic E-state index is 12.6. The third kappa shape index (κ3) is 3.67. The molecule has 0 amide bonds. The van der Waals surface area contributed by atoms with Gasteiger partial charge in [-0.25, -0.2) is 0 Å². The first-order valence-corrected chi connectivity index (χ1v) is 7.44. The SMILES string of the molecule is Oc1cc(C(F)(F)F)ccc1-c1cnn(CC2CCOCC2)c1. The lowest BCUT2D eigenvalue weighted by atomic mass is 10.0. The molecule has 0 radical (unpaired) electrons. The Balaban J connectivity index is 1.77. The van der Waals surface area contributed by atoms with Gasteiger partial charge in [-0.05, 0) is 37.0 Å². The van der Waals surface area contributed by atoms with Crippen molar-refractivity contribution in [1.29, 1.82) is 0 Å². The van der Waals surface area contributed by atoms with E-state index in [0.29, 0.717) is 17.0 Å². The molecule has 0 bridgehead atoms. The number of aromatic hydroxyl groups is 1. The monoisotopic (exact) mass is 326 g/mol. The van der Waals surface area contributed by atoms with E-state index in [0.717, 1.165) is 44.7 Å². The Labute approximate surface area is 131 Å². The van der Waals surface area contributed by atoms with E-state index in [2.05, 4.69) is 5.10 Å². The van der Waals surface area contributed by atoms with Gasteiger partial charge in [0.25, 0.3) is 0 Å². The Morgan fingerprint density at radius 1 is 1.26 bits per heavy atom. The second-order valence-corrected chi connectivity index (χ2v) is 5.74. The van der Waals surface area contributed by atoms with Gasteiger partial charge in [0.05, 0.1) is 11.8 Å². The zero-order valence-corrected chi connectivity index (χ0v) is 12.4. The molecule has 1 fully saturated rings. The highest BCUT2D eigenvalue weighted by molar-refractivity contribution is 5.69. The summed E-state index contributed by atoms with van der Waals surface area (Å²) in [6.45, 7) is 2.24. The summed E-state index contributed by atoms with van der Waals surface area (Å²) in [5, 5.41) is 14.1. The molecular weight excluding hydrogens is 309 g/mol. The van der Waals surface area contributed by atoms with E-state index in [-0.39, 0.29) is 0 Å². The standard InChI is InChI=1S/C16H17F3N2O2/c17-16(18,19)13-1-2-14(15(22)7-13)12-8-20-21(10-12)9-11-3-5-23-6-4-11/h1-2,7-8,10-11,22H,3-6,9H2. The minimum atomic E-state index is -4.47. The molecule has 0 saturated carbocycles. The van der Waals surface area contributed by atoms with E-state index in [1.54, 1.807) is 17.1 Å². The summed E-state index contributed by atoms with van der Waals surface area (Å²) in [7, 11) is 0. The molecule has 2 heterocycles. The van der Waals surface area contributed by atoms with Gasteiger partial charge in [0.1, 0.15) is 5.75 Å². The lowest BCUT2D eigenvalue weighted by molar-refractivity contribution is -0.137. The largest absolute Gasteiger partial charge is 0.507 e. The van der Waals surface area contributed by atoms with E-state index < -0.39 is 17.5 Å². The number of halogens is 3. The van der Waals surface area contributed by atoms with Crippen molar-refractivity contribution in [3.05, 3.63) is 36.2 Å². The Bertz CT molecular complexity index is 676. The van der Waals surface area contributed by atoms with Crippen molar-refractivity contribution < 1.29 is 23.0 Å². The molecule has 0 unspecified atom stereocenters. The van der Waals surface area contributed by atoms with Crippen LogP contribution in [0.5, 0.6) is 5.75 Å². The lowest BCUT2D eigenvalue weighted by Gasteiger charge is -2.21. The summed E-state index contributed by atoms with van der Waals surface area (Å²) in [6.07, 6.45) is 0.782. The maximum Gasteiger partial charge on any atom is 0.416 e. The van der Waals surface area contributed by atoms with E-state index in [9.17, 15) is 18.3 Å². The smallest absolute Gasteiger partial charge is 0.416 e. The van der Waals surface area contributed by atoms with Crippen molar-refractivity contribution in [2.75, 3.05) is 13.2 Å². The third-order valence-electron chi connectivity index (χ3n) is 4.06. The van der Waals surface area contributed by atoms with Crippen LogP contribution in [0.15, 0.2) is 30.6 Å². The van der Waals surface area contributed by atoms with Crippen LogP contribution in [-0.4, -0.2) is 28.1 Å². The highest BCUT2D eigenvalue weighted by atomic mass is 19.4. The number of hydrogen-bond donors (Lipinski definition) is 1. The summed E-state index contributed by atoms with van der Waals surface area (Å²) in [5.74, 6) is 0.0862. The van der Waals surface area contributed by atoms with Crippen molar-refractivity contribution in [3.63, 3.8) is 0 Å². The van der Waals surface area contributed by atoms with Crippen LogP contribution in [0, 0.1) is 5.92 Å². The molecule has 3 rings (SSSR count). The number of alkyl halides is 3. The van der Waals surface area contributed by atoms with Gasteiger partial charge in [0, 0.05) is 37.1 Å². The van der Waals surface area contributed by atoms with Crippen LogP contribution >= 0.6 is 0 Å². The molecule has 1 saturated heterocycles. The van der Waals surface area contributed by atoms with Gasteiger partial charge in [0.15, 0.2) is 0 Å². The fourth-order valence-electron chi connectivity index (χ4n) is 2.75. The molecule has 0 aliphatic carbocycles. The van der Waals surface area contributed by atoms with Gasteiger partial charge in [-0.3, -0.25) is 4.68 Å². The van der Waals surface area contributed by atoms with Crippen LogP contribution < -0.4 is 0 Å². The number of rotatable bonds is 3. The molecule has 1 N–H and O–H groups in total. The fraction of sp³-hybridized carbons (Fsp3) is 0.438. The number of hydrogen-bond acceptors (Lipinski definition) is 3. The van der Waals surface area contributed by atoms with Gasteiger partial charge in [-0.15, -0.1) is 0 Å². The quantitative estimate of drug-likeness (QED) is 0.935. The number of nitrogens with zero attached hydrogens (tertiary/aromatic N) is 2. The minimum Gasteiger partial charge on any atom is -0.507 e. The molecule has 4 nitrogen and oxygen atoms in total. The van der Waals surface area contributed by atoms with E-state index in [1.807, 2.05) is 0 Å². The normalized spacial score (nSPS) is 16.7. The first kappa shape index (κ1) is 15.9. The summed E-state index contributed by atoms with van der Waals surface area (Å²) >= 11 is 0. The highest BCUT2D eigenvalue weighted by Crippen LogP contribution is 2.36. The summed E-state index contributed by atoms with van der Waals surface area (Å²) < 4.78 is 45.0. The van der Waals surface area contributed by atoms with Crippen LogP contribution in [0.4, 0.5) is 13.2 Å². The lowest BCUT2D eigenvalue weighted by Crippen LogP contribution is -2.20. The van der Waals surface area contributed by atoms with Crippen molar-refractivity contribution >= 4 is 0 Å². The molecule has 1 aromatic heterocycles. The van der Waals surface area contributed by atoms with Crippen LogP contribution in [0.3, 0.4) is 0 Å². The Hall–Kier alpha value is -2.02. The van der Waals surface area contributed by atoms with Gasteiger partial charge >= 0.3 is 6.18 Å². The molecule has 1 aromatic carbocycles. The van der Waals surface area contributed by atoms with Crippen LogP contribution in [0.25, 0.3) is 11.1 Å². The number of phenols is 1. The van der Waals surface area contributed by atoms with Crippen LogP contribution in [0.2, 0.25) is 0 Å². The van der Waals surface area contributed by atoms with E-state index >= 15 is 0 Å². The Morgan fingerprint density at radius 3 is 2.65 bits per heavy atom. The number of ether oxygens (including phenoxy) is 1. The molecular formula is C16H17F3N2O2. The molecule has 1 aliphatic heterocycles. The predicted molar refractivity (Wildman–Crippen MR) is 77.9 cm³/mol. The molecule has 2 aromatic rings. The van der Waals surface area contributed by atoms with Crippen LogP contribution in [-0.2, 0) is 17.5 Å². The van der Waals surface area contributed by atoms with Gasteiger partial charge in [-0.1, -0.05) is 0 Å².